The average Bonchev–Trinajstić information content (AvgIpc) is 1.41. The van der Waals surface area contributed by atoms with Crippen LogP contribution >= 0.6 is 0 Å². The predicted octanol–water partition coefficient (Wildman–Crippen LogP) is -1.25. The molecule has 0 atom stereocenters. The van der Waals surface area contributed by atoms with Crippen molar-refractivity contribution in [2.24, 2.45) is 0 Å². The standard InChI is InChI=1S/C2H4.BH3O3/c1-2;2-1(3)4/h1-2H2;2-4H. The molecule has 0 saturated carbocycles. The minimum Gasteiger partial charge on any atom is -0.402 e. The molecule has 0 fully saturated rings. The summed E-state index contributed by atoms with van der Waals surface area (Å²) >= 11 is 0. The fraction of sp³-hybridized carbons (Fsp3) is 0. The first kappa shape index (κ1) is 9.19. The molecule has 0 aliphatic carbocycles. The van der Waals surface area contributed by atoms with Gasteiger partial charge in [0.2, 0.25) is 0 Å². The van der Waals surface area contributed by atoms with Crippen molar-refractivity contribution in [3.63, 3.8) is 0 Å². The molecule has 0 aromatic carbocycles. The third kappa shape index (κ3) is 268. The van der Waals surface area contributed by atoms with E-state index in [1.54, 1.807) is 0 Å². The second-order valence-electron chi connectivity index (χ2n) is 0.346. The monoisotopic (exact) mass is 90.0 g/mol. The lowest BCUT2D eigenvalue weighted by Gasteiger charge is -1.69. The molecule has 0 amide bonds. The van der Waals surface area contributed by atoms with Crippen molar-refractivity contribution < 1.29 is 15.1 Å². The van der Waals surface area contributed by atoms with Gasteiger partial charge in [-0.25, -0.2) is 0 Å². The van der Waals surface area contributed by atoms with E-state index < -0.39 is 7.32 Å². The molecule has 0 radical (unpaired) electrons. The van der Waals surface area contributed by atoms with Gasteiger partial charge in [-0.2, -0.15) is 0 Å². The summed E-state index contributed by atoms with van der Waals surface area (Å²) in [5.74, 6) is 0. The van der Waals surface area contributed by atoms with E-state index in [-0.39, 0.29) is 0 Å². The zero-order valence-electron chi connectivity index (χ0n) is 3.33. The highest BCUT2D eigenvalue weighted by Gasteiger charge is 1.92. The van der Waals surface area contributed by atoms with Gasteiger partial charge < -0.3 is 15.1 Å². The van der Waals surface area contributed by atoms with E-state index in [9.17, 15) is 0 Å². The van der Waals surface area contributed by atoms with Gasteiger partial charge in [0.25, 0.3) is 0 Å². The van der Waals surface area contributed by atoms with Crippen LogP contribution in [0, 0.1) is 0 Å². The Balaban J connectivity index is 0. The molecule has 0 aromatic heterocycles. The summed E-state index contributed by atoms with van der Waals surface area (Å²) in [5, 5.41) is 21.5. The van der Waals surface area contributed by atoms with Gasteiger partial charge in [0.15, 0.2) is 0 Å². The fourth-order valence-corrected chi connectivity index (χ4v) is 0. The van der Waals surface area contributed by atoms with E-state index in [0.29, 0.717) is 0 Å². The summed E-state index contributed by atoms with van der Waals surface area (Å²) in [4.78, 5) is 0. The Bertz CT molecular complexity index is 20.0. The summed E-state index contributed by atoms with van der Waals surface area (Å²) in [6, 6.07) is 0. The molecule has 0 aromatic rings. The molecule has 4 heteroatoms. The van der Waals surface area contributed by atoms with Crippen molar-refractivity contribution in [1.82, 2.24) is 0 Å². The molecular formula is C2H7BO3. The second kappa shape index (κ2) is 8.82. The Morgan fingerprint density at radius 3 is 1.00 bits per heavy atom. The predicted molar refractivity (Wildman–Crippen MR) is 23.7 cm³/mol. The van der Waals surface area contributed by atoms with Crippen LogP contribution in [0.1, 0.15) is 0 Å². The van der Waals surface area contributed by atoms with Gasteiger partial charge in [-0.3, -0.25) is 0 Å². The molecule has 0 spiro atoms. The molecular weight excluding hydrogens is 82.8 g/mol. The normalized spacial score (nSPS) is 5.17. The quantitative estimate of drug-likeness (QED) is 0.257. The van der Waals surface area contributed by atoms with Crippen LogP contribution in [0.15, 0.2) is 13.2 Å². The minimum absolute atomic E-state index is 2.17. The number of hydrogen-bond donors (Lipinski definition) is 3. The van der Waals surface area contributed by atoms with Gasteiger partial charge in [0.1, 0.15) is 0 Å². The van der Waals surface area contributed by atoms with Crippen LogP contribution < -0.4 is 0 Å². The van der Waals surface area contributed by atoms with Crippen molar-refractivity contribution in [3.8, 4) is 0 Å². The van der Waals surface area contributed by atoms with Gasteiger partial charge >= 0.3 is 7.32 Å². The van der Waals surface area contributed by atoms with Gasteiger partial charge in [0.05, 0.1) is 0 Å². The highest BCUT2D eigenvalue weighted by Crippen LogP contribution is 1.40. The lowest BCUT2D eigenvalue weighted by Crippen LogP contribution is -2.07. The molecule has 0 saturated heterocycles. The molecule has 36 valence electrons. The second-order valence-corrected chi connectivity index (χ2v) is 0.346. The van der Waals surface area contributed by atoms with E-state index in [0.717, 1.165) is 0 Å². The van der Waals surface area contributed by atoms with Gasteiger partial charge in [-0.05, 0) is 0 Å². The largest absolute Gasteiger partial charge is 0.631 e. The van der Waals surface area contributed by atoms with Crippen LogP contribution in [0.5, 0.6) is 0 Å². The van der Waals surface area contributed by atoms with Crippen molar-refractivity contribution in [1.29, 1.82) is 0 Å². The topological polar surface area (TPSA) is 60.7 Å². The molecule has 0 rings (SSSR count). The fourth-order valence-electron chi connectivity index (χ4n) is 0. The maximum atomic E-state index is 7.17. The highest BCUT2D eigenvalue weighted by atomic mass is 16.5. The summed E-state index contributed by atoms with van der Waals surface area (Å²) in [6.45, 7) is 6.00. The Morgan fingerprint density at radius 2 is 1.00 bits per heavy atom. The number of hydrogen-bond acceptors (Lipinski definition) is 3. The molecule has 0 heterocycles. The molecule has 0 aliphatic rings. The van der Waals surface area contributed by atoms with Gasteiger partial charge in [-0.15, -0.1) is 13.2 Å². The van der Waals surface area contributed by atoms with Crippen LogP contribution in [0.25, 0.3) is 0 Å². The van der Waals surface area contributed by atoms with Crippen LogP contribution in [0.2, 0.25) is 0 Å². The maximum Gasteiger partial charge on any atom is 0.631 e. The van der Waals surface area contributed by atoms with Crippen LogP contribution in [-0.4, -0.2) is 22.4 Å². The van der Waals surface area contributed by atoms with Crippen molar-refractivity contribution in [3.05, 3.63) is 13.2 Å². The average molecular weight is 89.9 g/mol. The Kier molecular flexibility index (Phi) is 13.5. The zero-order chi connectivity index (χ0) is 5.58. The van der Waals surface area contributed by atoms with E-state index >= 15 is 0 Å². The van der Waals surface area contributed by atoms with Crippen LogP contribution in [0.4, 0.5) is 0 Å². The molecule has 0 aliphatic heterocycles. The lowest BCUT2D eigenvalue weighted by molar-refractivity contribution is 0.278. The SMILES string of the molecule is C=C.OB(O)O. The first-order valence-corrected chi connectivity index (χ1v) is 1.27. The maximum absolute atomic E-state index is 7.17. The summed E-state index contributed by atoms with van der Waals surface area (Å²) in [6.07, 6.45) is 0. The molecule has 6 heavy (non-hydrogen) atoms. The van der Waals surface area contributed by atoms with Gasteiger partial charge in [-0.1, -0.05) is 0 Å². The van der Waals surface area contributed by atoms with Crippen LogP contribution in [0.3, 0.4) is 0 Å². The van der Waals surface area contributed by atoms with E-state index in [1.807, 2.05) is 0 Å². The lowest BCUT2D eigenvalue weighted by atomic mass is 10.3. The summed E-state index contributed by atoms with van der Waals surface area (Å²) in [7, 11) is -2.17. The Morgan fingerprint density at radius 1 is 1.00 bits per heavy atom. The highest BCUT2D eigenvalue weighted by molar-refractivity contribution is 6.30. The van der Waals surface area contributed by atoms with E-state index in [4.69, 9.17) is 15.1 Å². The summed E-state index contributed by atoms with van der Waals surface area (Å²) in [5.41, 5.74) is 0. The van der Waals surface area contributed by atoms with Crippen molar-refractivity contribution >= 4 is 7.32 Å². The van der Waals surface area contributed by atoms with E-state index in [2.05, 4.69) is 13.2 Å². The van der Waals surface area contributed by atoms with Crippen molar-refractivity contribution in [2.45, 2.75) is 0 Å². The summed E-state index contributed by atoms with van der Waals surface area (Å²) < 4.78 is 0. The first-order chi connectivity index (χ1) is 2.73. The van der Waals surface area contributed by atoms with Crippen molar-refractivity contribution in [2.75, 3.05) is 0 Å². The third-order valence-corrected chi connectivity index (χ3v) is 0. The molecule has 0 bridgehead atoms. The number of rotatable bonds is 0. The first-order valence-electron chi connectivity index (χ1n) is 1.27. The smallest absolute Gasteiger partial charge is 0.402 e. The van der Waals surface area contributed by atoms with E-state index in [1.165, 1.54) is 0 Å². The molecule has 0 unspecified atom stereocenters. The third-order valence-electron chi connectivity index (χ3n) is 0. The Hall–Kier alpha value is -0.315. The minimum atomic E-state index is -2.17. The van der Waals surface area contributed by atoms with Gasteiger partial charge in [0, 0.05) is 0 Å². The molecule has 3 N–H and O–H groups in total. The zero-order valence-corrected chi connectivity index (χ0v) is 3.33. The van der Waals surface area contributed by atoms with Crippen LogP contribution in [-0.2, 0) is 0 Å². The Labute approximate surface area is 36.7 Å². The molecule has 3 nitrogen and oxygen atoms in total.